The zero-order valence-electron chi connectivity index (χ0n) is 15.8. The fourth-order valence-electron chi connectivity index (χ4n) is 1.80. The molecule has 1 rings (SSSR count). The molecule has 0 bridgehead atoms. The summed E-state index contributed by atoms with van der Waals surface area (Å²) >= 11 is 12.2. The summed E-state index contributed by atoms with van der Waals surface area (Å²) in [5.41, 5.74) is 0. The predicted molar refractivity (Wildman–Crippen MR) is 92.3 cm³/mol. The molecule has 1 atom stereocenters. The Balaban J connectivity index is -0.0000000498. The maximum absolute atomic E-state index is 11.7. The standard InChI is InChI=1S/C13H18Cl2O.6CO.2Co/c1-2-3-4-5-8-11-9-6-7-10-12(16)13(11,14)15;6*1-2;;/h11H,2-4,6-7,9-10H2,1H3;;;;;;;;. The second kappa shape index (κ2) is 51.2. The zero-order valence-corrected chi connectivity index (χ0v) is 19.4. The Hall–Kier alpha value is -0.737. The van der Waals surface area contributed by atoms with Gasteiger partial charge >= 0.3 is 67.8 Å². The van der Waals surface area contributed by atoms with Crippen molar-refractivity contribution in [1.29, 1.82) is 0 Å². The van der Waals surface area contributed by atoms with E-state index in [0.29, 0.717) is 6.42 Å². The van der Waals surface area contributed by atoms with Crippen LogP contribution in [0.25, 0.3) is 0 Å². The molecule has 1 aliphatic rings. The van der Waals surface area contributed by atoms with Crippen molar-refractivity contribution < 1.29 is 66.3 Å². The Labute approximate surface area is 208 Å². The SMILES string of the molecule is CCCCC#CC1CCCCC(=O)C1(Cl)Cl.[C-]#[O+].[C-]#[O+].[C-]#[O+].[C-]#[O+].[C-]#[O+].[C-]#[O+].[Co].[Co]. The van der Waals surface area contributed by atoms with Gasteiger partial charge in [0.25, 0.3) is 0 Å². The van der Waals surface area contributed by atoms with Crippen LogP contribution in [0, 0.1) is 57.7 Å². The van der Waals surface area contributed by atoms with Crippen LogP contribution in [0.4, 0.5) is 0 Å². The maximum Gasteiger partial charge on any atom is 0 e. The number of ketones is 1. The Morgan fingerprint density at radius 3 is 1.67 bits per heavy atom. The minimum absolute atomic E-state index is 0. The van der Waals surface area contributed by atoms with Gasteiger partial charge in [0, 0.05) is 46.4 Å². The van der Waals surface area contributed by atoms with E-state index in [2.05, 4.69) is 58.7 Å². The Morgan fingerprint density at radius 2 is 1.30 bits per heavy atom. The van der Waals surface area contributed by atoms with Crippen LogP contribution in [0.3, 0.4) is 0 Å². The van der Waals surface area contributed by atoms with Crippen LogP contribution in [0.2, 0.25) is 0 Å². The van der Waals surface area contributed by atoms with Gasteiger partial charge < -0.3 is 0 Å². The third-order valence-corrected chi connectivity index (χ3v) is 3.84. The van der Waals surface area contributed by atoms with Crippen LogP contribution in [-0.2, 0) is 66.3 Å². The molecular weight excluding hydrogens is 529 g/mol. The molecule has 11 heteroatoms. The number of halogens is 2. The van der Waals surface area contributed by atoms with Crippen LogP contribution in [0.15, 0.2) is 0 Å². The number of alkyl halides is 2. The van der Waals surface area contributed by atoms with Crippen molar-refractivity contribution in [3.05, 3.63) is 39.9 Å². The first kappa shape index (κ1) is 51.7. The first-order valence-electron chi connectivity index (χ1n) is 7.21. The first-order chi connectivity index (χ1) is 13.6. The van der Waals surface area contributed by atoms with Gasteiger partial charge in [-0.05, 0) is 19.3 Å². The molecule has 30 heavy (non-hydrogen) atoms. The molecule has 0 aliphatic heterocycles. The molecule has 7 nitrogen and oxygen atoms in total. The van der Waals surface area contributed by atoms with Gasteiger partial charge in [-0.1, -0.05) is 48.9 Å². The van der Waals surface area contributed by atoms with Gasteiger partial charge in [0.1, 0.15) is 0 Å². The normalized spacial score (nSPS) is 13.4. The number of unbranched alkanes of at least 4 members (excludes halogenated alkanes) is 2. The number of Topliss-reactive ketones (excluding diaryl/α,β-unsaturated/α-hetero) is 1. The van der Waals surface area contributed by atoms with E-state index in [9.17, 15) is 4.79 Å². The number of carbonyl (C=O) groups is 1. The molecule has 1 unspecified atom stereocenters. The van der Waals surface area contributed by atoms with Crippen molar-refractivity contribution >= 4 is 29.0 Å². The summed E-state index contributed by atoms with van der Waals surface area (Å²) in [6.07, 6.45) is 6.27. The Morgan fingerprint density at radius 1 is 0.900 bits per heavy atom. The average molecular weight is 547 g/mol. The number of rotatable bonds is 2. The van der Waals surface area contributed by atoms with Gasteiger partial charge in [-0.25, -0.2) is 0 Å². The second-order valence-electron chi connectivity index (χ2n) is 4.27. The second-order valence-corrected chi connectivity index (χ2v) is 5.66. The summed E-state index contributed by atoms with van der Waals surface area (Å²) < 4.78 is 43.7. The fraction of sp³-hybridized carbons (Fsp3) is 0.526. The van der Waals surface area contributed by atoms with Crippen molar-refractivity contribution in [2.45, 2.75) is 56.2 Å². The fourth-order valence-corrected chi connectivity index (χ4v) is 2.32. The van der Waals surface area contributed by atoms with E-state index >= 15 is 0 Å². The molecule has 1 aliphatic carbocycles. The quantitative estimate of drug-likeness (QED) is 0.127. The van der Waals surface area contributed by atoms with Gasteiger partial charge in [-0.2, -0.15) is 0 Å². The van der Waals surface area contributed by atoms with E-state index in [4.69, 9.17) is 51.1 Å². The van der Waals surface area contributed by atoms with Crippen molar-refractivity contribution in [2.75, 3.05) is 0 Å². The monoisotopic (exact) mass is 546 g/mol. The van der Waals surface area contributed by atoms with E-state index < -0.39 is 4.33 Å². The summed E-state index contributed by atoms with van der Waals surface area (Å²) in [5.74, 6) is 5.91. The Bertz CT molecular complexity index is 496. The van der Waals surface area contributed by atoms with E-state index in [-0.39, 0.29) is 45.3 Å². The van der Waals surface area contributed by atoms with E-state index in [1.54, 1.807) is 0 Å². The summed E-state index contributed by atoms with van der Waals surface area (Å²) in [6, 6.07) is 0. The molecule has 1 saturated carbocycles. The van der Waals surface area contributed by atoms with Crippen molar-refractivity contribution in [1.82, 2.24) is 0 Å². The summed E-state index contributed by atoms with van der Waals surface area (Å²) in [6.45, 7) is 29.1. The van der Waals surface area contributed by atoms with Gasteiger partial charge in [0.15, 0.2) is 10.1 Å². The van der Waals surface area contributed by atoms with Crippen molar-refractivity contribution in [2.24, 2.45) is 5.92 Å². The van der Waals surface area contributed by atoms with Gasteiger partial charge in [-0.3, -0.25) is 4.79 Å². The molecule has 0 N–H and O–H groups in total. The van der Waals surface area contributed by atoms with Crippen LogP contribution >= 0.6 is 23.2 Å². The molecule has 0 spiro atoms. The van der Waals surface area contributed by atoms with Crippen LogP contribution in [0.5, 0.6) is 0 Å². The number of hydrogen-bond donors (Lipinski definition) is 0. The molecular formula is C19H18Cl2Co2O7. The number of carbonyl (C=O) groups excluding carboxylic acids is 1. The van der Waals surface area contributed by atoms with Gasteiger partial charge in [-0.15, -0.1) is 5.92 Å². The summed E-state index contributed by atoms with van der Waals surface area (Å²) in [7, 11) is 0. The largest absolute Gasteiger partial charge is 0 e. The average Bonchev–Trinajstić information content (AvgIpc) is 2.92. The molecule has 0 aromatic rings. The molecule has 1 fully saturated rings. The first-order valence-corrected chi connectivity index (χ1v) is 7.96. The minimum Gasteiger partial charge on any atom is 0 e. The van der Waals surface area contributed by atoms with Gasteiger partial charge in [0.2, 0.25) is 0 Å². The predicted octanol–water partition coefficient (Wildman–Crippen LogP) is 3.88. The summed E-state index contributed by atoms with van der Waals surface area (Å²) in [4.78, 5) is 11.7. The molecule has 0 amide bonds. The van der Waals surface area contributed by atoms with Crippen LogP contribution in [-0.4, -0.2) is 10.1 Å². The number of hydrogen-bond acceptors (Lipinski definition) is 1. The zero-order chi connectivity index (χ0) is 24.0. The molecule has 0 heterocycles. The smallest absolute Gasteiger partial charge is 0 e. The minimum atomic E-state index is -1.28. The van der Waals surface area contributed by atoms with Gasteiger partial charge in [0.05, 0.1) is 5.92 Å². The molecule has 168 valence electrons. The summed E-state index contributed by atoms with van der Waals surface area (Å²) in [5, 5.41) is 0. The van der Waals surface area contributed by atoms with E-state index in [0.717, 1.165) is 38.5 Å². The Kier molecular flexibility index (Phi) is 88.2. The topological polar surface area (TPSA) is 136 Å². The third kappa shape index (κ3) is 31.9. The van der Waals surface area contributed by atoms with Crippen LogP contribution in [0.1, 0.15) is 51.9 Å². The molecule has 0 aromatic carbocycles. The maximum atomic E-state index is 11.7. The molecule has 2 radical (unpaired) electrons. The van der Waals surface area contributed by atoms with Crippen molar-refractivity contribution in [3.63, 3.8) is 0 Å². The van der Waals surface area contributed by atoms with E-state index in [1.807, 2.05) is 0 Å². The molecule has 0 aromatic heterocycles. The molecule has 0 saturated heterocycles. The van der Waals surface area contributed by atoms with E-state index in [1.165, 1.54) is 0 Å². The van der Waals surface area contributed by atoms with Crippen molar-refractivity contribution in [3.8, 4) is 11.8 Å². The van der Waals surface area contributed by atoms with Crippen LogP contribution < -0.4 is 0 Å². The third-order valence-electron chi connectivity index (χ3n) is 2.89.